The van der Waals surface area contributed by atoms with E-state index in [1.54, 1.807) is 0 Å². The summed E-state index contributed by atoms with van der Waals surface area (Å²) in [5.74, 6) is 0. The quantitative estimate of drug-likeness (QED) is 0.596. The zero-order valence-electron chi connectivity index (χ0n) is 7.55. The fourth-order valence-electron chi connectivity index (χ4n) is 0.990. The van der Waals surface area contributed by atoms with Crippen molar-refractivity contribution in [3.8, 4) is 0 Å². The second-order valence-corrected chi connectivity index (χ2v) is 2.86. The van der Waals surface area contributed by atoms with Crippen LogP contribution in [0.3, 0.4) is 0 Å². The molecule has 0 fully saturated rings. The Morgan fingerprint density at radius 1 is 1.45 bits per heavy atom. The van der Waals surface area contributed by atoms with Gasteiger partial charge in [-0.1, -0.05) is 6.08 Å². The number of ether oxygens (including phenoxy) is 1. The molecule has 0 amide bonds. The Bertz CT molecular complexity index is 104. The van der Waals surface area contributed by atoms with Crippen LogP contribution in [-0.4, -0.2) is 18.8 Å². The lowest BCUT2D eigenvalue weighted by Gasteiger charge is -2.16. The van der Waals surface area contributed by atoms with Gasteiger partial charge in [0.2, 0.25) is 0 Å². The van der Waals surface area contributed by atoms with E-state index in [0.717, 1.165) is 12.8 Å². The minimum Gasteiger partial charge on any atom is -0.375 e. The summed E-state index contributed by atoms with van der Waals surface area (Å²) in [6, 6.07) is 0. The Hall–Kier alpha value is -0.340. The maximum Gasteiger partial charge on any atom is 0.0584 e. The van der Waals surface area contributed by atoms with Gasteiger partial charge in [-0.2, -0.15) is 0 Å². The lowest BCUT2D eigenvalue weighted by atomic mass is 10.2. The van der Waals surface area contributed by atoms with Crippen molar-refractivity contribution in [1.29, 1.82) is 0 Å². The van der Waals surface area contributed by atoms with E-state index in [1.807, 2.05) is 13.0 Å². The van der Waals surface area contributed by atoms with E-state index < -0.39 is 0 Å². The Labute approximate surface area is 69.4 Å². The molecular formula is C9H19NO. The van der Waals surface area contributed by atoms with Crippen molar-refractivity contribution in [3.05, 3.63) is 12.7 Å². The van der Waals surface area contributed by atoms with Crippen molar-refractivity contribution < 1.29 is 4.74 Å². The number of hydrogen-bond acceptors (Lipinski definition) is 2. The summed E-state index contributed by atoms with van der Waals surface area (Å²) in [6.45, 7) is 8.44. The van der Waals surface area contributed by atoms with Gasteiger partial charge in [-0.05, 0) is 33.2 Å². The molecule has 0 spiro atoms. The average Bonchev–Trinajstić information content (AvgIpc) is 1.87. The van der Waals surface area contributed by atoms with Crippen molar-refractivity contribution in [2.45, 2.75) is 38.9 Å². The third-order valence-corrected chi connectivity index (χ3v) is 1.54. The van der Waals surface area contributed by atoms with E-state index in [0.29, 0.717) is 6.54 Å². The minimum atomic E-state index is 0.272. The summed E-state index contributed by atoms with van der Waals surface area (Å²) in [4.78, 5) is 0. The third kappa shape index (κ3) is 6.07. The molecule has 0 heterocycles. The average molecular weight is 157 g/mol. The molecule has 2 atom stereocenters. The van der Waals surface area contributed by atoms with Crippen LogP contribution >= 0.6 is 0 Å². The molecule has 0 bridgehead atoms. The van der Waals surface area contributed by atoms with Crippen LogP contribution in [0.25, 0.3) is 0 Å². The molecule has 0 aromatic carbocycles. The molecule has 0 aromatic rings. The van der Waals surface area contributed by atoms with Gasteiger partial charge in [0.05, 0.1) is 12.2 Å². The van der Waals surface area contributed by atoms with Crippen LogP contribution in [0.5, 0.6) is 0 Å². The van der Waals surface area contributed by atoms with Crippen LogP contribution in [0.1, 0.15) is 26.7 Å². The van der Waals surface area contributed by atoms with Gasteiger partial charge in [0.15, 0.2) is 0 Å². The number of hydrogen-bond donors (Lipinski definition) is 1. The van der Waals surface area contributed by atoms with Crippen molar-refractivity contribution in [3.63, 3.8) is 0 Å². The largest absolute Gasteiger partial charge is 0.375 e. The van der Waals surface area contributed by atoms with Crippen molar-refractivity contribution in [2.75, 3.05) is 6.54 Å². The smallest absolute Gasteiger partial charge is 0.0584 e. The fraction of sp³-hybridized carbons (Fsp3) is 0.778. The zero-order chi connectivity index (χ0) is 8.69. The molecular weight excluding hydrogens is 138 g/mol. The van der Waals surface area contributed by atoms with Crippen LogP contribution in [-0.2, 0) is 4.74 Å². The van der Waals surface area contributed by atoms with Crippen LogP contribution in [0, 0.1) is 0 Å². The highest BCUT2D eigenvalue weighted by Crippen LogP contribution is 2.04. The van der Waals surface area contributed by atoms with Crippen LogP contribution in [0.2, 0.25) is 0 Å². The monoisotopic (exact) mass is 157 g/mol. The molecule has 0 aliphatic rings. The molecule has 2 nitrogen and oxygen atoms in total. The van der Waals surface area contributed by atoms with Crippen LogP contribution in [0.4, 0.5) is 0 Å². The van der Waals surface area contributed by atoms with Gasteiger partial charge in [-0.3, -0.25) is 0 Å². The second kappa shape index (κ2) is 6.38. The van der Waals surface area contributed by atoms with Crippen LogP contribution < -0.4 is 5.73 Å². The molecule has 0 radical (unpaired) electrons. The normalized spacial score (nSPS) is 15.9. The van der Waals surface area contributed by atoms with E-state index in [2.05, 4.69) is 13.5 Å². The van der Waals surface area contributed by atoms with E-state index in [1.165, 1.54) is 0 Å². The number of nitrogens with two attached hydrogens (primary N) is 1. The van der Waals surface area contributed by atoms with Crippen molar-refractivity contribution in [1.82, 2.24) is 0 Å². The minimum absolute atomic E-state index is 0.272. The number of rotatable bonds is 6. The highest BCUT2D eigenvalue weighted by Gasteiger charge is 2.05. The molecule has 0 aromatic heterocycles. The summed E-state index contributed by atoms with van der Waals surface area (Å²) in [7, 11) is 0. The summed E-state index contributed by atoms with van der Waals surface area (Å²) in [5.41, 5.74) is 5.38. The van der Waals surface area contributed by atoms with E-state index in [9.17, 15) is 0 Å². The first-order valence-electron chi connectivity index (χ1n) is 4.17. The van der Waals surface area contributed by atoms with Gasteiger partial charge >= 0.3 is 0 Å². The van der Waals surface area contributed by atoms with Gasteiger partial charge in [0, 0.05) is 0 Å². The van der Waals surface area contributed by atoms with Gasteiger partial charge in [0.25, 0.3) is 0 Å². The molecule has 11 heavy (non-hydrogen) atoms. The van der Waals surface area contributed by atoms with Gasteiger partial charge in [-0.25, -0.2) is 0 Å². The predicted octanol–water partition coefficient (Wildman–Crippen LogP) is 1.70. The topological polar surface area (TPSA) is 35.2 Å². The van der Waals surface area contributed by atoms with Crippen LogP contribution in [0.15, 0.2) is 12.7 Å². The molecule has 66 valence electrons. The predicted molar refractivity (Wildman–Crippen MR) is 48.5 cm³/mol. The van der Waals surface area contributed by atoms with E-state index in [4.69, 9.17) is 10.5 Å². The zero-order valence-corrected chi connectivity index (χ0v) is 7.55. The maximum absolute atomic E-state index is 5.58. The second-order valence-electron chi connectivity index (χ2n) is 2.86. The van der Waals surface area contributed by atoms with E-state index >= 15 is 0 Å². The Morgan fingerprint density at radius 3 is 2.55 bits per heavy atom. The molecule has 0 saturated carbocycles. The standard InChI is InChI=1S/C9H19NO/c1-4-5-8(2)11-9(3)6-7-10/h4,8-9H,1,5-7,10H2,2-3H3. The summed E-state index contributed by atoms with van der Waals surface area (Å²) >= 11 is 0. The summed E-state index contributed by atoms with van der Waals surface area (Å²) in [5, 5.41) is 0. The maximum atomic E-state index is 5.58. The Balaban J connectivity index is 3.39. The Morgan fingerprint density at radius 2 is 2.09 bits per heavy atom. The SMILES string of the molecule is C=CCC(C)OC(C)CCN. The molecule has 0 saturated heterocycles. The molecule has 0 rings (SSSR count). The first kappa shape index (κ1) is 10.7. The third-order valence-electron chi connectivity index (χ3n) is 1.54. The fourth-order valence-corrected chi connectivity index (χ4v) is 0.990. The first-order valence-corrected chi connectivity index (χ1v) is 4.17. The molecule has 2 N–H and O–H groups in total. The molecule has 2 heteroatoms. The highest BCUT2D eigenvalue weighted by atomic mass is 16.5. The molecule has 0 aliphatic heterocycles. The van der Waals surface area contributed by atoms with Gasteiger partial charge in [0.1, 0.15) is 0 Å². The van der Waals surface area contributed by atoms with Gasteiger partial charge < -0.3 is 10.5 Å². The lowest BCUT2D eigenvalue weighted by Crippen LogP contribution is -2.19. The summed E-state index contributed by atoms with van der Waals surface area (Å²) in [6.07, 6.45) is 4.26. The summed E-state index contributed by atoms with van der Waals surface area (Å²) < 4.78 is 5.58. The van der Waals surface area contributed by atoms with Gasteiger partial charge in [-0.15, -0.1) is 6.58 Å². The van der Waals surface area contributed by atoms with E-state index in [-0.39, 0.29) is 12.2 Å². The molecule has 0 aliphatic carbocycles. The van der Waals surface area contributed by atoms with Crippen molar-refractivity contribution in [2.24, 2.45) is 5.73 Å². The molecule has 2 unspecified atom stereocenters. The lowest BCUT2D eigenvalue weighted by molar-refractivity contribution is 0.00746. The highest BCUT2D eigenvalue weighted by molar-refractivity contribution is 4.71. The van der Waals surface area contributed by atoms with Crippen molar-refractivity contribution >= 4 is 0 Å². The Kier molecular flexibility index (Phi) is 6.18. The first-order chi connectivity index (χ1) is 5.20.